The molecule has 6 nitrogen and oxygen atoms in total. The molecule has 138 valence electrons. The molecule has 0 aliphatic carbocycles. The largest absolute Gasteiger partial charge is 0.493 e. The minimum absolute atomic E-state index is 0.0889. The number of anilines is 1. The summed E-state index contributed by atoms with van der Waals surface area (Å²) in [4.78, 5) is 23.6. The van der Waals surface area contributed by atoms with Gasteiger partial charge in [-0.15, -0.1) is 0 Å². The zero-order valence-corrected chi connectivity index (χ0v) is 15.0. The van der Waals surface area contributed by atoms with Gasteiger partial charge >= 0.3 is 0 Å². The third-order valence-electron chi connectivity index (χ3n) is 3.30. The van der Waals surface area contributed by atoms with Crippen LogP contribution < -0.4 is 20.1 Å². The first kappa shape index (κ1) is 19.3. The molecule has 0 spiro atoms. The molecule has 0 bridgehead atoms. The van der Waals surface area contributed by atoms with Gasteiger partial charge in [-0.25, -0.2) is 0 Å². The summed E-state index contributed by atoms with van der Waals surface area (Å²) in [5.74, 6) is 0.921. The fourth-order valence-electron chi connectivity index (χ4n) is 2.14. The van der Waals surface area contributed by atoms with E-state index in [1.54, 1.807) is 24.3 Å². The Balaban J connectivity index is 1.65. The summed E-state index contributed by atoms with van der Waals surface area (Å²) in [6.45, 7) is 4.07. The number of rotatable bonds is 9. The average Bonchev–Trinajstić information content (AvgIpc) is 2.62. The number of para-hydroxylation sites is 1. The molecular formula is C20H24N2O4. The second-order valence-electron chi connectivity index (χ2n) is 5.93. The van der Waals surface area contributed by atoms with Crippen molar-refractivity contribution in [3.05, 3.63) is 54.6 Å². The van der Waals surface area contributed by atoms with Gasteiger partial charge in [0.15, 0.2) is 0 Å². The van der Waals surface area contributed by atoms with Crippen molar-refractivity contribution in [2.75, 3.05) is 18.5 Å². The molecule has 0 unspecified atom stereocenters. The van der Waals surface area contributed by atoms with Crippen LogP contribution in [-0.2, 0) is 9.59 Å². The first-order valence-electron chi connectivity index (χ1n) is 8.54. The van der Waals surface area contributed by atoms with Crippen LogP contribution in [0, 0.1) is 0 Å². The van der Waals surface area contributed by atoms with Gasteiger partial charge in [0.05, 0.1) is 25.7 Å². The summed E-state index contributed by atoms with van der Waals surface area (Å²) in [7, 11) is 0. The van der Waals surface area contributed by atoms with Crippen molar-refractivity contribution in [3.8, 4) is 11.5 Å². The van der Waals surface area contributed by atoms with Crippen molar-refractivity contribution in [2.45, 2.75) is 26.4 Å². The van der Waals surface area contributed by atoms with E-state index < -0.39 is 0 Å². The van der Waals surface area contributed by atoms with Crippen LogP contribution in [-0.4, -0.2) is 31.1 Å². The Hall–Kier alpha value is -3.02. The quantitative estimate of drug-likeness (QED) is 0.724. The maximum atomic E-state index is 11.9. The molecule has 0 aromatic heterocycles. The lowest BCUT2D eigenvalue weighted by atomic mass is 10.3. The zero-order chi connectivity index (χ0) is 18.8. The van der Waals surface area contributed by atoms with Crippen LogP contribution in [0.3, 0.4) is 0 Å². The van der Waals surface area contributed by atoms with Gasteiger partial charge in [-0.05, 0) is 50.2 Å². The summed E-state index contributed by atoms with van der Waals surface area (Å²) in [5.41, 5.74) is 0.646. The Bertz CT molecular complexity index is 700. The molecular weight excluding hydrogens is 332 g/mol. The van der Waals surface area contributed by atoms with E-state index in [1.807, 2.05) is 44.2 Å². The van der Waals surface area contributed by atoms with Gasteiger partial charge in [0.1, 0.15) is 11.5 Å². The van der Waals surface area contributed by atoms with Gasteiger partial charge in [-0.2, -0.15) is 0 Å². The highest BCUT2D eigenvalue weighted by molar-refractivity contribution is 5.94. The predicted octanol–water partition coefficient (Wildman–Crippen LogP) is 3.00. The van der Waals surface area contributed by atoms with Gasteiger partial charge in [-0.3, -0.25) is 9.59 Å². The van der Waals surface area contributed by atoms with Crippen LogP contribution in [0.25, 0.3) is 0 Å². The molecule has 2 aromatic carbocycles. The van der Waals surface area contributed by atoms with Crippen LogP contribution in [0.4, 0.5) is 5.69 Å². The molecule has 26 heavy (non-hydrogen) atoms. The molecule has 0 atom stereocenters. The number of ether oxygens (including phenoxy) is 2. The topological polar surface area (TPSA) is 76.7 Å². The number of benzene rings is 2. The minimum Gasteiger partial charge on any atom is -0.493 e. The molecule has 0 heterocycles. The monoisotopic (exact) mass is 356 g/mol. The lowest BCUT2D eigenvalue weighted by molar-refractivity contribution is -0.124. The summed E-state index contributed by atoms with van der Waals surface area (Å²) in [6, 6.07) is 16.3. The van der Waals surface area contributed by atoms with Gasteiger partial charge in [-0.1, -0.05) is 18.2 Å². The van der Waals surface area contributed by atoms with Crippen molar-refractivity contribution >= 4 is 17.5 Å². The maximum absolute atomic E-state index is 11.9. The summed E-state index contributed by atoms with van der Waals surface area (Å²) in [5, 5.41) is 5.29. The highest BCUT2D eigenvalue weighted by Crippen LogP contribution is 2.16. The number of carbonyl (C=O) groups excluding carboxylic acids is 2. The molecule has 2 rings (SSSR count). The van der Waals surface area contributed by atoms with Crippen LogP contribution in [0.2, 0.25) is 0 Å². The van der Waals surface area contributed by atoms with E-state index in [4.69, 9.17) is 9.47 Å². The van der Waals surface area contributed by atoms with E-state index in [0.717, 1.165) is 5.75 Å². The van der Waals surface area contributed by atoms with E-state index >= 15 is 0 Å². The molecule has 0 fully saturated rings. The lowest BCUT2D eigenvalue weighted by Crippen LogP contribution is -2.33. The number of nitrogens with one attached hydrogen (secondary N) is 2. The van der Waals surface area contributed by atoms with E-state index in [1.165, 1.54) is 0 Å². The van der Waals surface area contributed by atoms with Crippen molar-refractivity contribution in [1.29, 1.82) is 0 Å². The van der Waals surface area contributed by atoms with Crippen molar-refractivity contribution in [3.63, 3.8) is 0 Å². The molecule has 2 N–H and O–H groups in total. The predicted molar refractivity (Wildman–Crippen MR) is 100 cm³/mol. The van der Waals surface area contributed by atoms with Crippen molar-refractivity contribution in [2.24, 2.45) is 0 Å². The number of hydrogen-bond acceptors (Lipinski definition) is 4. The van der Waals surface area contributed by atoms with Gasteiger partial charge in [0.25, 0.3) is 0 Å². The third kappa shape index (κ3) is 7.25. The first-order valence-corrected chi connectivity index (χ1v) is 8.54. The summed E-state index contributed by atoms with van der Waals surface area (Å²) < 4.78 is 11.0. The SMILES string of the molecule is CC(C)Oc1ccc(NC(=O)CNC(=O)CCOc2ccccc2)cc1. The standard InChI is InChI=1S/C20H24N2O4/c1-15(2)26-18-10-8-16(9-11-18)22-20(24)14-21-19(23)12-13-25-17-6-4-3-5-7-17/h3-11,15H,12-14H2,1-2H3,(H,21,23)(H,22,24). The van der Waals surface area contributed by atoms with E-state index in [2.05, 4.69) is 10.6 Å². The number of hydrogen-bond donors (Lipinski definition) is 2. The highest BCUT2D eigenvalue weighted by Gasteiger charge is 2.07. The van der Waals surface area contributed by atoms with Gasteiger partial charge in [0, 0.05) is 5.69 Å². The zero-order valence-electron chi connectivity index (χ0n) is 15.0. The molecule has 0 radical (unpaired) electrons. The van der Waals surface area contributed by atoms with E-state index in [-0.39, 0.29) is 37.5 Å². The fraction of sp³-hybridized carbons (Fsp3) is 0.300. The number of carbonyl (C=O) groups is 2. The molecule has 2 aromatic rings. The lowest BCUT2D eigenvalue weighted by Gasteiger charge is -2.11. The molecule has 0 saturated carbocycles. The maximum Gasteiger partial charge on any atom is 0.243 e. The van der Waals surface area contributed by atoms with Crippen molar-refractivity contribution in [1.82, 2.24) is 5.32 Å². The third-order valence-corrected chi connectivity index (χ3v) is 3.30. The fourth-order valence-corrected chi connectivity index (χ4v) is 2.14. The smallest absolute Gasteiger partial charge is 0.243 e. The Morgan fingerprint density at radius 1 is 0.923 bits per heavy atom. The van der Waals surface area contributed by atoms with Crippen molar-refractivity contribution < 1.29 is 19.1 Å². The average molecular weight is 356 g/mol. The van der Waals surface area contributed by atoms with Crippen LogP contribution in [0.5, 0.6) is 11.5 Å². The summed E-state index contributed by atoms with van der Waals surface area (Å²) in [6.07, 6.45) is 0.278. The summed E-state index contributed by atoms with van der Waals surface area (Å²) >= 11 is 0. The second kappa shape index (κ2) is 10.1. The first-order chi connectivity index (χ1) is 12.5. The Morgan fingerprint density at radius 2 is 1.62 bits per heavy atom. The number of amides is 2. The van der Waals surface area contributed by atoms with Crippen LogP contribution >= 0.6 is 0 Å². The Kier molecular flexibility index (Phi) is 7.49. The second-order valence-corrected chi connectivity index (χ2v) is 5.93. The van der Waals surface area contributed by atoms with Gasteiger partial charge in [0.2, 0.25) is 11.8 Å². The van der Waals surface area contributed by atoms with Crippen LogP contribution in [0.1, 0.15) is 20.3 Å². The van der Waals surface area contributed by atoms with Crippen LogP contribution in [0.15, 0.2) is 54.6 Å². The van der Waals surface area contributed by atoms with E-state index in [9.17, 15) is 9.59 Å². The minimum atomic E-state index is -0.292. The Labute approximate surface area is 153 Å². The molecule has 0 aliphatic heterocycles. The molecule has 0 aliphatic rings. The normalized spacial score (nSPS) is 10.3. The molecule has 0 saturated heterocycles. The Morgan fingerprint density at radius 3 is 2.27 bits per heavy atom. The molecule has 2 amide bonds. The highest BCUT2D eigenvalue weighted by atomic mass is 16.5. The molecule has 6 heteroatoms. The van der Waals surface area contributed by atoms with E-state index in [0.29, 0.717) is 11.4 Å². The van der Waals surface area contributed by atoms with Gasteiger partial charge < -0.3 is 20.1 Å².